The number of benzene rings is 1. The summed E-state index contributed by atoms with van der Waals surface area (Å²) in [6.07, 6.45) is 1.43. The van der Waals surface area contributed by atoms with E-state index in [-0.39, 0.29) is 28.4 Å². The standard InChI is InChI=1S/C15H10ClN3O3/c1-19-14(21)10-3-2-9(7-11(10)15(19)22)18-13(20)8-4-5-17-12(16)6-8/h2-7H,1H3,(H,18,20). The molecule has 3 amide bonds. The molecule has 1 aromatic heterocycles. The molecule has 22 heavy (non-hydrogen) atoms. The van der Waals surface area contributed by atoms with E-state index in [2.05, 4.69) is 10.3 Å². The van der Waals surface area contributed by atoms with Gasteiger partial charge in [0.1, 0.15) is 5.15 Å². The van der Waals surface area contributed by atoms with Crippen molar-refractivity contribution in [2.75, 3.05) is 12.4 Å². The summed E-state index contributed by atoms with van der Waals surface area (Å²) >= 11 is 5.74. The average molecular weight is 316 g/mol. The number of imide groups is 1. The van der Waals surface area contributed by atoms with Gasteiger partial charge in [-0.1, -0.05) is 11.6 Å². The van der Waals surface area contributed by atoms with E-state index in [1.54, 1.807) is 6.07 Å². The molecule has 6 nitrogen and oxygen atoms in total. The first-order valence-corrected chi connectivity index (χ1v) is 6.74. The summed E-state index contributed by atoms with van der Waals surface area (Å²) in [5, 5.41) is 2.87. The highest BCUT2D eigenvalue weighted by Gasteiger charge is 2.32. The Labute approximate surface area is 130 Å². The van der Waals surface area contributed by atoms with Crippen molar-refractivity contribution in [2.45, 2.75) is 0 Å². The Morgan fingerprint density at radius 3 is 2.59 bits per heavy atom. The third kappa shape index (κ3) is 2.33. The van der Waals surface area contributed by atoms with Gasteiger partial charge in [0.05, 0.1) is 11.1 Å². The molecular formula is C15H10ClN3O3. The van der Waals surface area contributed by atoms with E-state index in [0.717, 1.165) is 4.90 Å². The van der Waals surface area contributed by atoms with Crippen molar-refractivity contribution in [3.8, 4) is 0 Å². The van der Waals surface area contributed by atoms with Gasteiger partial charge in [-0.15, -0.1) is 0 Å². The van der Waals surface area contributed by atoms with Gasteiger partial charge in [-0.3, -0.25) is 19.3 Å². The second kappa shape index (κ2) is 5.23. The molecule has 1 N–H and O–H groups in total. The largest absolute Gasteiger partial charge is 0.322 e. The topological polar surface area (TPSA) is 79.4 Å². The van der Waals surface area contributed by atoms with Crippen LogP contribution in [0.5, 0.6) is 0 Å². The molecule has 0 atom stereocenters. The molecule has 110 valence electrons. The highest BCUT2D eigenvalue weighted by molar-refractivity contribution is 6.29. The van der Waals surface area contributed by atoms with E-state index in [1.807, 2.05) is 0 Å². The molecule has 7 heteroatoms. The molecular weight excluding hydrogens is 306 g/mol. The van der Waals surface area contributed by atoms with E-state index >= 15 is 0 Å². The summed E-state index contributed by atoms with van der Waals surface area (Å²) in [6, 6.07) is 7.54. The fraction of sp³-hybridized carbons (Fsp3) is 0.0667. The number of aromatic nitrogens is 1. The van der Waals surface area contributed by atoms with Crippen LogP contribution < -0.4 is 5.32 Å². The Bertz CT molecular complexity index is 819. The minimum absolute atomic E-state index is 0.212. The molecule has 3 rings (SSSR count). The van der Waals surface area contributed by atoms with E-state index in [9.17, 15) is 14.4 Å². The molecule has 0 fully saturated rings. The number of rotatable bonds is 2. The zero-order valence-corrected chi connectivity index (χ0v) is 12.2. The number of amides is 3. The number of nitrogens with one attached hydrogen (secondary N) is 1. The molecule has 0 aliphatic carbocycles. The van der Waals surface area contributed by atoms with Gasteiger partial charge in [0.2, 0.25) is 0 Å². The number of hydrogen-bond donors (Lipinski definition) is 1. The third-order valence-electron chi connectivity index (χ3n) is 3.34. The quantitative estimate of drug-likeness (QED) is 0.680. The van der Waals surface area contributed by atoms with Gasteiger partial charge < -0.3 is 5.32 Å². The lowest BCUT2D eigenvalue weighted by atomic mass is 10.1. The highest BCUT2D eigenvalue weighted by atomic mass is 35.5. The molecule has 0 spiro atoms. The number of carbonyl (C=O) groups is 3. The summed E-state index contributed by atoms with van der Waals surface area (Å²) in [5.74, 6) is -1.11. The molecule has 2 heterocycles. The second-order valence-electron chi connectivity index (χ2n) is 4.75. The Hall–Kier alpha value is -2.73. The molecule has 1 aromatic carbocycles. The molecule has 1 aliphatic rings. The van der Waals surface area contributed by atoms with Crippen molar-refractivity contribution in [2.24, 2.45) is 0 Å². The van der Waals surface area contributed by atoms with Crippen LogP contribution in [0.3, 0.4) is 0 Å². The van der Waals surface area contributed by atoms with Crippen molar-refractivity contribution in [3.63, 3.8) is 0 Å². The summed E-state index contributed by atoms with van der Waals surface area (Å²) in [6.45, 7) is 0. The average Bonchev–Trinajstić information content (AvgIpc) is 2.72. The van der Waals surface area contributed by atoms with E-state index in [0.29, 0.717) is 16.8 Å². The van der Waals surface area contributed by atoms with Gasteiger partial charge in [0.15, 0.2) is 0 Å². The Morgan fingerprint density at radius 1 is 1.14 bits per heavy atom. The Morgan fingerprint density at radius 2 is 1.86 bits per heavy atom. The summed E-state index contributed by atoms with van der Waals surface area (Å²) < 4.78 is 0. The third-order valence-corrected chi connectivity index (χ3v) is 3.54. The second-order valence-corrected chi connectivity index (χ2v) is 5.14. The van der Waals surface area contributed by atoms with Crippen LogP contribution in [0.25, 0.3) is 0 Å². The maximum atomic E-state index is 12.1. The molecule has 0 saturated carbocycles. The van der Waals surface area contributed by atoms with Crippen molar-refractivity contribution in [1.82, 2.24) is 9.88 Å². The lowest BCUT2D eigenvalue weighted by molar-refractivity contribution is 0.0692. The normalized spacial score (nSPS) is 13.3. The predicted octanol–water partition coefficient (Wildman–Crippen LogP) is 2.21. The molecule has 1 aliphatic heterocycles. The summed E-state index contributed by atoms with van der Waals surface area (Å²) in [7, 11) is 1.42. The number of fused-ring (bicyclic) bond motifs is 1. The van der Waals surface area contributed by atoms with E-state index in [1.165, 1.54) is 37.5 Å². The first-order valence-electron chi connectivity index (χ1n) is 6.36. The number of hydrogen-bond acceptors (Lipinski definition) is 4. The number of halogens is 1. The van der Waals surface area contributed by atoms with Crippen molar-refractivity contribution in [3.05, 3.63) is 58.4 Å². The van der Waals surface area contributed by atoms with E-state index in [4.69, 9.17) is 11.6 Å². The molecule has 0 saturated heterocycles. The van der Waals surface area contributed by atoms with Crippen molar-refractivity contribution in [1.29, 1.82) is 0 Å². The van der Waals surface area contributed by atoms with Crippen LogP contribution >= 0.6 is 11.6 Å². The fourth-order valence-corrected chi connectivity index (χ4v) is 2.36. The van der Waals surface area contributed by atoms with Gasteiger partial charge in [-0.2, -0.15) is 0 Å². The van der Waals surface area contributed by atoms with Crippen LogP contribution in [0, 0.1) is 0 Å². The van der Waals surface area contributed by atoms with Gasteiger partial charge in [0.25, 0.3) is 17.7 Å². The van der Waals surface area contributed by atoms with Crippen LogP contribution in [0.4, 0.5) is 5.69 Å². The molecule has 2 aromatic rings. The predicted molar refractivity (Wildman–Crippen MR) is 80.1 cm³/mol. The van der Waals surface area contributed by atoms with Crippen LogP contribution in [-0.2, 0) is 0 Å². The van der Waals surface area contributed by atoms with Crippen LogP contribution in [0.2, 0.25) is 5.15 Å². The Balaban J connectivity index is 1.88. The monoisotopic (exact) mass is 315 g/mol. The van der Waals surface area contributed by atoms with Crippen LogP contribution in [-0.4, -0.2) is 34.7 Å². The van der Waals surface area contributed by atoms with Gasteiger partial charge in [-0.25, -0.2) is 4.98 Å². The molecule has 0 unspecified atom stereocenters. The van der Waals surface area contributed by atoms with Crippen molar-refractivity contribution < 1.29 is 14.4 Å². The number of pyridine rings is 1. The number of anilines is 1. The summed E-state index contributed by atoms with van der Waals surface area (Å²) in [5.41, 5.74) is 1.38. The van der Waals surface area contributed by atoms with Crippen LogP contribution in [0.15, 0.2) is 36.5 Å². The highest BCUT2D eigenvalue weighted by Crippen LogP contribution is 2.25. The number of nitrogens with zero attached hydrogens (tertiary/aromatic N) is 2. The van der Waals surface area contributed by atoms with E-state index < -0.39 is 0 Å². The van der Waals surface area contributed by atoms with Gasteiger partial charge in [-0.05, 0) is 30.3 Å². The van der Waals surface area contributed by atoms with Crippen molar-refractivity contribution >= 4 is 35.0 Å². The van der Waals surface area contributed by atoms with Crippen LogP contribution in [0.1, 0.15) is 31.1 Å². The fourth-order valence-electron chi connectivity index (χ4n) is 2.19. The SMILES string of the molecule is CN1C(=O)c2ccc(NC(=O)c3ccnc(Cl)c3)cc2C1=O. The lowest BCUT2D eigenvalue weighted by Gasteiger charge is -2.06. The maximum absolute atomic E-state index is 12.1. The smallest absolute Gasteiger partial charge is 0.261 e. The molecule has 0 radical (unpaired) electrons. The minimum atomic E-state index is -0.386. The first kappa shape index (κ1) is 14.2. The van der Waals surface area contributed by atoms with Gasteiger partial charge in [0, 0.05) is 24.5 Å². The lowest BCUT2D eigenvalue weighted by Crippen LogP contribution is -2.24. The number of carbonyl (C=O) groups excluding carboxylic acids is 3. The minimum Gasteiger partial charge on any atom is -0.322 e. The molecule has 0 bridgehead atoms. The zero-order valence-electron chi connectivity index (χ0n) is 11.5. The summed E-state index contributed by atoms with van der Waals surface area (Å²) in [4.78, 5) is 40.7. The maximum Gasteiger partial charge on any atom is 0.261 e. The zero-order chi connectivity index (χ0) is 15.9. The van der Waals surface area contributed by atoms with Gasteiger partial charge >= 0.3 is 0 Å². The first-order chi connectivity index (χ1) is 10.5. The Kier molecular flexibility index (Phi) is 3.38.